The number of hydrogen-bond acceptors (Lipinski definition) is 5. The first-order chi connectivity index (χ1) is 30.5. The first-order valence-electron chi connectivity index (χ1n) is 20.8. The Morgan fingerprint density at radius 2 is 0.613 bits per heavy atom. The van der Waals surface area contributed by atoms with Gasteiger partial charge in [0, 0.05) is 44.8 Å². The highest BCUT2D eigenvalue weighted by molar-refractivity contribution is 5.89. The summed E-state index contributed by atoms with van der Waals surface area (Å²) in [6, 6.07) is 73.6. The molecule has 0 N–H and O–H groups in total. The van der Waals surface area contributed by atoms with Gasteiger partial charge in [-0.15, -0.1) is 0 Å². The third-order valence-corrected chi connectivity index (χ3v) is 11.0. The van der Waals surface area contributed by atoms with E-state index in [0.29, 0.717) is 11.6 Å². The molecule has 0 aliphatic heterocycles. The lowest BCUT2D eigenvalue weighted by molar-refractivity contribution is 1.12. The topological polar surface area (TPSA) is 64.5 Å². The molecule has 0 saturated carbocycles. The molecule has 0 amide bonds. The van der Waals surface area contributed by atoms with Gasteiger partial charge in [-0.25, -0.2) is 19.9 Å². The van der Waals surface area contributed by atoms with Gasteiger partial charge in [0.2, 0.25) is 0 Å². The molecule has 5 heteroatoms. The maximum absolute atomic E-state index is 5.16. The molecule has 3 heterocycles. The number of hydrogen-bond donors (Lipinski definition) is 0. The molecular weight excluding hydrogens is 755 g/mol. The molecule has 10 aromatic rings. The largest absolute Gasteiger partial charge is 0.258 e. The van der Waals surface area contributed by atoms with Gasteiger partial charge in [0.05, 0.1) is 22.8 Å². The molecule has 62 heavy (non-hydrogen) atoms. The van der Waals surface area contributed by atoms with Crippen molar-refractivity contribution in [3.8, 4) is 101 Å². The average Bonchev–Trinajstić information content (AvgIpc) is 3.34. The lowest BCUT2D eigenvalue weighted by Crippen LogP contribution is -1.96. The molecule has 5 nitrogen and oxygen atoms in total. The minimum absolute atomic E-state index is 0.675. The van der Waals surface area contributed by atoms with Crippen LogP contribution < -0.4 is 0 Å². The van der Waals surface area contributed by atoms with Gasteiger partial charge in [-0.2, -0.15) is 0 Å². The smallest absolute Gasteiger partial charge is 0.160 e. The standard InChI is InChI=1S/C57H41N5/c1-38-31-49(32-39(2)58-38)50-30-29-45(44-25-15-28-48(33-44)57-60-52(40-17-7-3-8-18-40)36-53(61-57)41-19-9-4-10-20-41)35-51(50)46-26-16-27-47(34-46)55-37-54(42-21-11-5-12-22-42)59-56(62-55)43-23-13-6-14-24-43/h3-37H,1-2H3. The van der Waals surface area contributed by atoms with Crippen LogP contribution in [0.25, 0.3) is 101 Å². The Morgan fingerprint density at radius 3 is 1.15 bits per heavy atom. The molecule has 10 rings (SSSR count). The van der Waals surface area contributed by atoms with Crippen molar-refractivity contribution < 1.29 is 0 Å². The normalized spacial score (nSPS) is 11.1. The van der Waals surface area contributed by atoms with Crippen LogP contribution in [0.2, 0.25) is 0 Å². The highest BCUT2D eigenvalue weighted by atomic mass is 14.9. The van der Waals surface area contributed by atoms with E-state index in [2.05, 4.69) is 153 Å². The van der Waals surface area contributed by atoms with Crippen LogP contribution in [0, 0.1) is 13.8 Å². The van der Waals surface area contributed by atoms with Crippen LogP contribution in [0.3, 0.4) is 0 Å². The highest BCUT2D eigenvalue weighted by Crippen LogP contribution is 2.39. The molecule has 0 spiro atoms. The van der Waals surface area contributed by atoms with Crippen LogP contribution in [0.4, 0.5) is 0 Å². The van der Waals surface area contributed by atoms with Crippen molar-refractivity contribution in [1.82, 2.24) is 24.9 Å². The van der Waals surface area contributed by atoms with Crippen LogP contribution in [-0.4, -0.2) is 24.9 Å². The molecule has 0 radical (unpaired) electrons. The predicted octanol–water partition coefficient (Wildman–Crippen LogP) is 14.3. The molecular formula is C57H41N5. The third kappa shape index (κ3) is 8.08. The summed E-state index contributed by atoms with van der Waals surface area (Å²) in [5.74, 6) is 1.36. The molecule has 0 aliphatic rings. The first-order valence-corrected chi connectivity index (χ1v) is 20.8. The quantitative estimate of drug-likeness (QED) is 0.146. The number of nitrogens with zero attached hydrogens (tertiary/aromatic N) is 5. The van der Waals surface area contributed by atoms with Gasteiger partial charge in [-0.05, 0) is 89.7 Å². The van der Waals surface area contributed by atoms with Crippen molar-refractivity contribution >= 4 is 0 Å². The van der Waals surface area contributed by atoms with Gasteiger partial charge in [0.15, 0.2) is 11.6 Å². The van der Waals surface area contributed by atoms with Crippen molar-refractivity contribution in [3.05, 3.63) is 224 Å². The summed E-state index contributed by atoms with van der Waals surface area (Å²) in [5.41, 5.74) is 18.1. The highest BCUT2D eigenvalue weighted by Gasteiger charge is 2.16. The van der Waals surface area contributed by atoms with Crippen LogP contribution in [-0.2, 0) is 0 Å². The number of aromatic nitrogens is 5. The lowest BCUT2D eigenvalue weighted by Gasteiger charge is -2.16. The Kier molecular flexibility index (Phi) is 10.3. The van der Waals surface area contributed by atoms with Gasteiger partial charge in [-0.1, -0.05) is 170 Å². The third-order valence-electron chi connectivity index (χ3n) is 11.0. The zero-order valence-electron chi connectivity index (χ0n) is 34.4. The van der Waals surface area contributed by atoms with E-state index >= 15 is 0 Å². The fourth-order valence-electron chi connectivity index (χ4n) is 8.05. The second kappa shape index (κ2) is 16.8. The second-order valence-corrected chi connectivity index (χ2v) is 15.4. The molecule has 0 atom stereocenters. The second-order valence-electron chi connectivity index (χ2n) is 15.4. The summed E-state index contributed by atoms with van der Waals surface area (Å²) in [6.45, 7) is 4.11. The van der Waals surface area contributed by atoms with E-state index in [-0.39, 0.29) is 0 Å². The molecule has 0 saturated heterocycles. The Labute approximate surface area is 362 Å². The average molecular weight is 796 g/mol. The summed E-state index contributed by atoms with van der Waals surface area (Å²) in [4.78, 5) is 25.2. The zero-order chi connectivity index (χ0) is 41.8. The van der Waals surface area contributed by atoms with Crippen molar-refractivity contribution in [2.75, 3.05) is 0 Å². The molecule has 0 fully saturated rings. The molecule has 0 aliphatic carbocycles. The number of benzene rings is 7. The van der Waals surface area contributed by atoms with Crippen molar-refractivity contribution in [1.29, 1.82) is 0 Å². The summed E-state index contributed by atoms with van der Waals surface area (Å²) < 4.78 is 0. The minimum Gasteiger partial charge on any atom is -0.258 e. The van der Waals surface area contributed by atoms with Crippen molar-refractivity contribution in [2.24, 2.45) is 0 Å². The van der Waals surface area contributed by atoms with Crippen LogP contribution in [0.1, 0.15) is 11.4 Å². The Morgan fingerprint density at radius 1 is 0.226 bits per heavy atom. The lowest BCUT2D eigenvalue weighted by atomic mass is 9.89. The summed E-state index contributed by atoms with van der Waals surface area (Å²) in [5, 5.41) is 0. The van der Waals surface area contributed by atoms with E-state index < -0.39 is 0 Å². The fourth-order valence-corrected chi connectivity index (χ4v) is 8.05. The van der Waals surface area contributed by atoms with Crippen LogP contribution in [0.15, 0.2) is 212 Å². The Bertz CT molecular complexity index is 3050. The van der Waals surface area contributed by atoms with Crippen molar-refractivity contribution in [3.63, 3.8) is 0 Å². The predicted molar refractivity (Wildman–Crippen MR) is 254 cm³/mol. The maximum atomic E-state index is 5.16. The maximum Gasteiger partial charge on any atom is 0.160 e. The van der Waals surface area contributed by atoms with Gasteiger partial charge >= 0.3 is 0 Å². The van der Waals surface area contributed by atoms with Gasteiger partial charge < -0.3 is 0 Å². The van der Waals surface area contributed by atoms with E-state index in [4.69, 9.17) is 24.9 Å². The van der Waals surface area contributed by atoms with E-state index in [0.717, 1.165) is 101 Å². The van der Waals surface area contributed by atoms with Crippen molar-refractivity contribution in [2.45, 2.75) is 13.8 Å². The van der Waals surface area contributed by atoms with E-state index in [9.17, 15) is 0 Å². The first kappa shape index (κ1) is 38.1. The number of rotatable bonds is 9. The van der Waals surface area contributed by atoms with Crippen LogP contribution in [0.5, 0.6) is 0 Å². The van der Waals surface area contributed by atoms with Gasteiger partial charge in [0.25, 0.3) is 0 Å². The molecule has 7 aromatic carbocycles. The molecule has 294 valence electrons. The fraction of sp³-hybridized carbons (Fsp3) is 0.0351. The van der Waals surface area contributed by atoms with E-state index in [1.807, 2.05) is 72.8 Å². The SMILES string of the molecule is Cc1cc(-c2ccc(-c3cccc(-c4nc(-c5ccccc5)cc(-c5ccccc5)n4)c3)cc2-c2cccc(-c3cc(-c4ccccc4)nc(-c4ccccc4)n3)c2)cc(C)n1. The van der Waals surface area contributed by atoms with E-state index in [1.165, 1.54) is 0 Å². The van der Waals surface area contributed by atoms with E-state index in [1.54, 1.807) is 0 Å². The summed E-state index contributed by atoms with van der Waals surface area (Å²) >= 11 is 0. The number of pyridine rings is 1. The van der Waals surface area contributed by atoms with Gasteiger partial charge in [0.1, 0.15) is 0 Å². The monoisotopic (exact) mass is 795 g/mol. The van der Waals surface area contributed by atoms with Gasteiger partial charge in [-0.3, -0.25) is 4.98 Å². The Hall–Kier alpha value is -8.15. The zero-order valence-corrected chi connectivity index (χ0v) is 34.4. The minimum atomic E-state index is 0.675. The van der Waals surface area contributed by atoms with Crippen LogP contribution >= 0.6 is 0 Å². The molecule has 3 aromatic heterocycles. The summed E-state index contributed by atoms with van der Waals surface area (Å²) in [6.07, 6.45) is 0. The Balaban J connectivity index is 1.10. The molecule has 0 unspecified atom stereocenters. The molecule has 0 bridgehead atoms. The number of aryl methyl sites for hydroxylation is 2. The summed E-state index contributed by atoms with van der Waals surface area (Å²) in [7, 11) is 0.